The van der Waals surface area contributed by atoms with Crippen molar-refractivity contribution in [3.63, 3.8) is 0 Å². The van der Waals surface area contributed by atoms with E-state index in [-0.39, 0.29) is 11.9 Å². The van der Waals surface area contributed by atoms with E-state index in [0.717, 1.165) is 17.1 Å². The number of nitrogens with one attached hydrogen (secondary N) is 2. The average molecular weight is 273 g/mol. The Hall–Kier alpha value is -2.21. The minimum atomic E-state index is -0.312. The van der Waals surface area contributed by atoms with Crippen LogP contribution in [0, 0.1) is 6.92 Å². The SMILES string of the molecule is Cc1ccc(NC(=O)C(C)NCc2nncn2C)cc1. The van der Waals surface area contributed by atoms with Crippen molar-refractivity contribution in [2.75, 3.05) is 5.32 Å². The van der Waals surface area contributed by atoms with Gasteiger partial charge in [-0.3, -0.25) is 10.1 Å². The average Bonchev–Trinajstić information content (AvgIpc) is 2.84. The molecule has 0 spiro atoms. The quantitative estimate of drug-likeness (QED) is 0.859. The zero-order chi connectivity index (χ0) is 14.5. The minimum absolute atomic E-state index is 0.0731. The van der Waals surface area contributed by atoms with Gasteiger partial charge in [-0.15, -0.1) is 10.2 Å². The molecular weight excluding hydrogens is 254 g/mol. The first-order valence-corrected chi connectivity index (χ1v) is 6.50. The van der Waals surface area contributed by atoms with Gasteiger partial charge in [-0.25, -0.2) is 0 Å². The highest BCUT2D eigenvalue weighted by atomic mass is 16.2. The summed E-state index contributed by atoms with van der Waals surface area (Å²) < 4.78 is 1.82. The van der Waals surface area contributed by atoms with E-state index in [2.05, 4.69) is 20.8 Å². The molecule has 6 heteroatoms. The molecule has 6 nitrogen and oxygen atoms in total. The third-order valence-electron chi connectivity index (χ3n) is 3.08. The zero-order valence-electron chi connectivity index (χ0n) is 11.9. The molecule has 1 unspecified atom stereocenters. The number of carbonyl (C=O) groups excluding carboxylic acids is 1. The summed E-state index contributed by atoms with van der Waals surface area (Å²) in [4.78, 5) is 12.0. The maximum Gasteiger partial charge on any atom is 0.241 e. The molecule has 1 heterocycles. The second-order valence-corrected chi connectivity index (χ2v) is 4.82. The number of aromatic nitrogens is 3. The summed E-state index contributed by atoms with van der Waals surface area (Å²) >= 11 is 0. The Kier molecular flexibility index (Phi) is 4.47. The second kappa shape index (κ2) is 6.29. The van der Waals surface area contributed by atoms with Crippen LogP contribution in [0.3, 0.4) is 0 Å². The molecular formula is C14H19N5O. The van der Waals surface area contributed by atoms with Crippen LogP contribution >= 0.6 is 0 Å². The number of amides is 1. The van der Waals surface area contributed by atoms with Gasteiger partial charge in [-0.05, 0) is 26.0 Å². The molecule has 1 amide bonds. The molecule has 0 saturated heterocycles. The van der Waals surface area contributed by atoms with Crippen LogP contribution in [-0.2, 0) is 18.4 Å². The second-order valence-electron chi connectivity index (χ2n) is 4.82. The van der Waals surface area contributed by atoms with E-state index < -0.39 is 0 Å². The molecule has 0 saturated carbocycles. The smallest absolute Gasteiger partial charge is 0.241 e. The first-order valence-electron chi connectivity index (χ1n) is 6.50. The van der Waals surface area contributed by atoms with Gasteiger partial charge in [0.1, 0.15) is 12.2 Å². The minimum Gasteiger partial charge on any atom is -0.325 e. The molecule has 0 aliphatic rings. The lowest BCUT2D eigenvalue weighted by atomic mass is 10.2. The van der Waals surface area contributed by atoms with Crippen molar-refractivity contribution in [2.24, 2.45) is 7.05 Å². The summed E-state index contributed by atoms with van der Waals surface area (Å²) in [7, 11) is 1.87. The van der Waals surface area contributed by atoms with Gasteiger partial charge in [0.25, 0.3) is 0 Å². The van der Waals surface area contributed by atoms with Crippen LogP contribution in [0.25, 0.3) is 0 Å². The predicted octanol–water partition coefficient (Wildman–Crippen LogP) is 1.24. The lowest BCUT2D eigenvalue weighted by Gasteiger charge is -2.13. The number of hydrogen-bond acceptors (Lipinski definition) is 4. The van der Waals surface area contributed by atoms with E-state index in [1.165, 1.54) is 0 Å². The van der Waals surface area contributed by atoms with Crippen molar-refractivity contribution < 1.29 is 4.79 Å². The molecule has 1 aromatic carbocycles. The fourth-order valence-electron chi connectivity index (χ4n) is 1.69. The Bertz CT molecular complexity index is 576. The molecule has 0 aliphatic heterocycles. The Morgan fingerprint density at radius 1 is 1.35 bits per heavy atom. The van der Waals surface area contributed by atoms with Crippen LogP contribution in [0.5, 0.6) is 0 Å². The maximum absolute atomic E-state index is 12.0. The van der Waals surface area contributed by atoms with Crippen LogP contribution in [0.4, 0.5) is 5.69 Å². The molecule has 0 radical (unpaired) electrons. The molecule has 20 heavy (non-hydrogen) atoms. The summed E-state index contributed by atoms with van der Waals surface area (Å²) in [6.45, 7) is 4.33. The fraction of sp³-hybridized carbons (Fsp3) is 0.357. The number of hydrogen-bond donors (Lipinski definition) is 2. The largest absolute Gasteiger partial charge is 0.325 e. The Labute approximate surface area is 118 Å². The number of benzene rings is 1. The summed E-state index contributed by atoms with van der Waals surface area (Å²) in [6.07, 6.45) is 1.63. The van der Waals surface area contributed by atoms with Crippen LogP contribution in [0.2, 0.25) is 0 Å². The van der Waals surface area contributed by atoms with Gasteiger partial charge < -0.3 is 9.88 Å². The van der Waals surface area contributed by atoms with Crippen LogP contribution in [0.1, 0.15) is 18.3 Å². The van der Waals surface area contributed by atoms with E-state index in [0.29, 0.717) is 6.54 Å². The highest BCUT2D eigenvalue weighted by Gasteiger charge is 2.13. The topological polar surface area (TPSA) is 71.8 Å². The van der Waals surface area contributed by atoms with Gasteiger partial charge in [0, 0.05) is 12.7 Å². The first-order chi connectivity index (χ1) is 9.56. The van der Waals surface area contributed by atoms with E-state index in [4.69, 9.17) is 0 Å². The summed E-state index contributed by atoms with van der Waals surface area (Å²) in [5.41, 5.74) is 1.96. The Morgan fingerprint density at radius 2 is 2.05 bits per heavy atom. The van der Waals surface area contributed by atoms with Crippen LogP contribution in [0.15, 0.2) is 30.6 Å². The molecule has 2 rings (SSSR count). The number of aryl methyl sites for hydroxylation is 2. The Morgan fingerprint density at radius 3 is 2.65 bits per heavy atom. The highest BCUT2D eigenvalue weighted by molar-refractivity contribution is 5.94. The van der Waals surface area contributed by atoms with Crippen molar-refractivity contribution in [3.05, 3.63) is 42.0 Å². The molecule has 0 bridgehead atoms. The van der Waals surface area contributed by atoms with Gasteiger partial charge in [-0.1, -0.05) is 17.7 Å². The lowest BCUT2D eigenvalue weighted by Crippen LogP contribution is -2.38. The summed E-state index contributed by atoms with van der Waals surface area (Å²) in [5, 5.41) is 13.7. The maximum atomic E-state index is 12.0. The third kappa shape index (κ3) is 3.64. The first kappa shape index (κ1) is 14.2. The van der Waals surface area contributed by atoms with Gasteiger partial charge in [0.05, 0.1) is 12.6 Å². The van der Waals surface area contributed by atoms with Gasteiger partial charge in [0.15, 0.2) is 0 Å². The van der Waals surface area contributed by atoms with Crippen LogP contribution < -0.4 is 10.6 Å². The number of anilines is 1. The predicted molar refractivity (Wildman–Crippen MR) is 77.1 cm³/mol. The number of nitrogens with zero attached hydrogens (tertiary/aromatic N) is 3. The van der Waals surface area contributed by atoms with Gasteiger partial charge >= 0.3 is 0 Å². The van der Waals surface area contributed by atoms with Crippen molar-refractivity contribution in [1.29, 1.82) is 0 Å². The van der Waals surface area contributed by atoms with Crippen molar-refractivity contribution in [3.8, 4) is 0 Å². The standard InChI is InChI=1S/C14H19N5O/c1-10-4-6-12(7-5-10)17-14(20)11(2)15-8-13-18-16-9-19(13)3/h4-7,9,11,15H,8H2,1-3H3,(H,17,20). The zero-order valence-corrected chi connectivity index (χ0v) is 11.9. The monoisotopic (exact) mass is 273 g/mol. The van der Waals surface area contributed by atoms with Gasteiger partial charge in [0.2, 0.25) is 5.91 Å². The molecule has 0 aliphatic carbocycles. The number of carbonyl (C=O) groups is 1. The third-order valence-corrected chi connectivity index (χ3v) is 3.08. The summed E-state index contributed by atoms with van der Waals surface area (Å²) in [5.74, 6) is 0.719. The van der Waals surface area contributed by atoms with Gasteiger partial charge in [-0.2, -0.15) is 0 Å². The van der Waals surface area contributed by atoms with Crippen LogP contribution in [-0.4, -0.2) is 26.7 Å². The lowest BCUT2D eigenvalue weighted by molar-refractivity contribution is -0.117. The molecule has 1 aromatic heterocycles. The van der Waals surface area contributed by atoms with E-state index in [9.17, 15) is 4.79 Å². The molecule has 2 aromatic rings. The normalized spacial score (nSPS) is 12.2. The molecule has 2 N–H and O–H groups in total. The molecule has 106 valence electrons. The molecule has 1 atom stereocenters. The Balaban J connectivity index is 1.86. The number of rotatable bonds is 5. The fourth-order valence-corrected chi connectivity index (χ4v) is 1.69. The van der Waals surface area contributed by atoms with Crippen molar-refractivity contribution in [2.45, 2.75) is 26.4 Å². The highest BCUT2D eigenvalue weighted by Crippen LogP contribution is 2.08. The van der Waals surface area contributed by atoms with E-state index in [1.54, 1.807) is 6.33 Å². The van der Waals surface area contributed by atoms with Crippen molar-refractivity contribution >= 4 is 11.6 Å². The van der Waals surface area contributed by atoms with E-state index >= 15 is 0 Å². The van der Waals surface area contributed by atoms with E-state index in [1.807, 2.05) is 49.7 Å². The molecule has 0 fully saturated rings. The summed E-state index contributed by atoms with van der Waals surface area (Å²) in [6, 6.07) is 7.40. The van der Waals surface area contributed by atoms with Crippen molar-refractivity contribution in [1.82, 2.24) is 20.1 Å².